The zero-order valence-electron chi connectivity index (χ0n) is 17.4. The fraction of sp³-hybridized carbons (Fsp3) is 0.500. The number of morpholine rings is 1. The van der Waals surface area contributed by atoms with Crippen molar-refractivity contribution in [1.29, 1.82) is 0 Å². The van der Waals surface area contributed by atoms with Crippen LogP contribution in [0.3, 0.4) is 0 Å². The van der Waals surface area contributed by atoms with Gasteiger partial charge in [0.05, 0.1) is 12.2 Å². The number of nitrogens with zero attached hydrogens (tertiary/aromatic N) is 4. The fourth-order valence-corrected chi connectivity index (χ4v) is 5.01. The van der Waals surface area contributed by atoms with Gasteiger partial charge in [-0.1, -0.05) is 35.5 Å². The van der Waals surface area contributed by atoms with Crippen LogP contribution in [0.5, 0.6) is 0 Å². The van der Waals surface area contributed by atoms with E-state index in [2.05, 4.69) is 14.9 Å². The van der Waals surface area contributed by atoms with E-state index in [1.54, 1.807) is 11.8 Å². The topological polar surface area (TPSA) is 58.6 Å². The van der Waals surface area contributed by atoms with Crippen LogP contribution in [0.4, 0.5) is 5.82 Å². The number of thioether (sulfide) groups is 1. The molecular formula is C22H27ClN4O2S. The Kier molecular flexibility index (Phi) is 6.80. The zero-order valence-corrected chi connectivity index (χ0v) is 19.0. The number of aromatic nitrogens is 2. The molecular weight excluding hydrogens is 420 g/mol. The summed E-state index contributed by atoms with van der Waals surface area (Å²) in [6, 6.07) is 9.64. The minimum Gasteiger partial charge on any atom is -0.372 e. The smallest absolute Gasteiger partial charge is 0.254 e. The molecule has 0 radical (unpaired) electrons. The highest BCUT2D eigenvalue weighted by Crippen LogP contribution is 2.26. The van der Waals surface area contributed by atoms with Gasteiger partial charge < -0.3 is 14.5 Å². The van der Waals surface area contributed by atoms with Crippen LogP contribution >= 0.6 is 23.4 Å². The van der Waals surface area contributed by atoms with Gasteiger partial charge in [-0.3, -0.25) is 4.79 Å². The molecule has 2 unspecified atom stereocenters. The van der Waals surface area contributed by atoms with Crippen LogP contribution in [0.15, 0.2) is 35.5 Å². The molecule has 6 nitrogen and oxygen atoms in total. The summed E-state index contributed by atoms with van der Waals surface area (Å²) in [6.07, 6.45) is 2.52. The van der Waals surface area contributed by atoms with Crippen molar-refractivity contribution in [3.05, 3.63) is 46.6 Å². The second-order valence-corrected chi connectivity index (χ2v) is 9.31. The number of halogens is 1. The van der Waals surface area contributed by atoms with E-state index in [-0.39, 0.29) is 18.1 Å². The van der Waals surface area contributed by atoms with Crippen molar-refractivity contribution in [2.75, 3.05) is 31.1 Å². The van der Waals surface area contributed by atoms with E-state index >= 15 is 0 Å². The molecule has 1 aromatic carbocycles. The summed E-state index contributed by atoms with van der Waals surface area (Å²) >= 11 is 7.78. The Bertz CT molecular complexity index is 879. The minimum absolute atomic E-state index is 0.0598. The monoisotopic (exact) mass is 446 g/mol. The van der Waals surface area contributed by atoms with Gasteiger partial charge >= 0.3 is 0 Å². The molecule has 2 aliphatic heterocycles. The number of hydrogen-bond donors (Lipinski definition) is 0. The molecule has 2 fully saturated rings. The van der Waals surface area contributed by atoms with E-state index in [9.17, 15) is 4.79 Å². The number of rotatable bonds is 5. The highest BCUT2D eigenvalue weighted by Gasteiger charge is 2.26. The van der Waals surface area contributed by atoms with Crippen LogP contribution in [0.2, 0.25) is 5.15 Å². The van der Waals surface area contributed by atoms with Gasteiger partial charge in [0.25, 0.3) is 5.91 Å². The molecule has 1 amide bonds. The summed E-state index contributed by atoms with van der Waals surface area (Å²) in [4.78, 5) is 26.0. The van der Waals surface area contributed by atoms with Gasteiger partial charge in [0.15, 0.2) is 5.16 Å². The third-order valence-corrected chi connectivity index (χ3v) is 6.48. The third kappa shape index (κ3) is 5.25. The maximum atomic E-state index is 12.8. The van der Waals surface area contributed by atoms with E-state index < -0.39 is 0 Å². The highest BCUT2D eigenvalue weighted by atomic mass is 35.5. The van der Waals surface area contributed by atoms with Crippen molar-refractivity contribution in [2.45, 2.75) is 49.8 Å². The van der Waals surface area contributed by atoms with E-state index in [4.69, 9.17) is 16.3 Å². The number of anilines is 1. The van der Waals surface area contributed by atoms with Crippen molar-refractivity contribution < 1.29 is 9.53 Å². The van der Waals surface area contributed by atoms with Crippen LogP contribution < -0.4 is 4.90 Å². The SMILES string of the molecule is CC1CN(C(=O)c2ccc(CSc3nc(Cl)cc(N4CCCC4)n3)cc2)CC(C)O1. The number of amides is 1. The number of ether oxygens (including phenoxy) is 1. The zero-order chi connectivity index (χ0) is 21.1. The Morgan fingerprint density at radius 2 is 1.80 bits per heavy atom. The predicted molar refractivity (Wildman–Crippen MR) is 120 cm³/mol. The van der Waals surface area contributed by atoms with Gasteiger partial charge in [-0.15, -0.1) is 0 Å². The molecule has 2 aromatic rings. The molecule has 0 aliphatic carbocycles. The van der Waals surface area contributed by atoms with Crippen molar-refractivity contribution in [3.8, 4) is 0 Å². The molecule has 2 atom stereocenters. The molecule has 30 heavy (non-hydrogen) atoms. The lowest BCUT2D eigenvalue weighted by Crippen LogP contribution is -2.48. The lowest BCUT2D eigenvalue weighted by molar-refractivity contribution is -0.0586. The molecule has 0 spiro atoms. The first kappa shape index (κ1) is 21.4. The third-order valence-electron chi connectivity index (χ3n) is 5.37. The first-order valence-electron chi connectivity index (χ1n) is 10.4. The van der Waals surface area contributed by atoms with E-state index in [0.29, 0.717) is 29.0 Å². The van der Waals surface area contributed by atoms with E-state index in [1.165, 1.54) is 12.8 Å². The standard InChI is InChI=1S/C22H27ClN4O2S/c1-15-12-27(13-16(2)29-15)21(28)18-7-5-17(6-8-18)14-30-22-24-19(23)11-20(25-22)26-9-3-4-10-26/h5-8,11,15-16H,3-4,9-10,12-14H2,1-2H3. The van der Waals surface area contributed by atoms with Gasteiger partial charge in [0, 0.05) is 43.6 Å². The molecule has 160 valence electrons. The number of carbonyl (C=O) groups excluding carboxylic acids is 1. The van der Waals surface area contributed by atoms with Crippen LogP contribution in [0.1, 0.15) is 42.6 Å². The molecule has 2 aliphatic rings. The van der Waals surface area contributed by atoms with Gasteiger partial charge in [-0.2, -0.15) is 0 Å². The Hall–Kier alpha value is -1.83. The normalized spacial score (nSPS) is 21.8. The van der Waals surface area contributed by atoms with Crippen LogP contribution in [-0.2, 0) is 10.5 Å². The molecule has 0 saturated carbocycles. The molecule has 3 heterocycles. The molecule has 8 heteroatoms. The predicted octanol–water partition coefficient (Wildman–Crippen LogP) is 4.27. The second-order valence-electron chi connectivity index (χ2n) is 7.98. The van der Waals surface area contributed by atoms with Gasteiger partial charge in [-0.05, 0) is 44.4 Å². The average Bonchev–Trinajstić information content (AvgIpc) is 3.26. The summed E-state index contributed by atoms with van der Waals surface area (Å²) in [5.41, 5.74) is 1.83. The summed E-state index contributed by atoms with van der Waals surface area (Å²) in [5, 5.41) is 1.16. The first-order valence-corrected chi connectivity index (χ1v) is 11.8. The van der Waals surface area contributed by atoms with Gasteiger partial charge in [-0.25, -0.2) is 9.97 Å². The van der Waals surface area contributed by atoms with Crippen molar-refractivity contribution >= 4 is 35.1 Å². The molecule has 2 saturated heterocycles. The largest absolute Gasteiger partial charge is 0.372 e. The maximum absolute atomic E-state index is 12.8. The number of hydrogen-bond acceptors (Lipinski definition) is 6. The average molecular weight is 447 g/mol. The number of carbonyl (C=O) groups is 1. The summed E-state index contributed by atoms with van der Waals surface area (Å²) in [7, 11) is 0. The van der Waals surface area contributed by atoms with Crippen LogP contribution in [-0.4, -0.2) is 59.2 Å². The fourth-order valence-electron chi connectivity index (χ4n) is 3.98. The van der Waals surface area contributed by atoms with Gasteiger partial charge in [0.1, 0.15) is 11.0 Å². The van der Waals surface area contributed by atoms with E-state index in [1.807, 2.05) is 49.1 Å². The van der Waals surface area contributed by atoms with Crippen molar-refractivity contribution in [1.82, 2.24) is 14.9 Å². The van der Waals surface area contributed by atoms with E-state index in [0.717, 1.165) is 30.2 Å². The Balaban J connectivity index is 1.37. The molecule has 0 N–H and O–H groups in total. The quantitative estimate of drug-likeness (QED) is 0.388. The summed E-state index contributed by atoms with van der Waals surface area (Å²) in [6.45, 7) is 7.31. The lowest BCUT2D eigenvalue weighted by atomic mass is 10.1. The second kappa shape index (κ2) is 9.54. The molecule has 0 bridgehead atoms. The van der Waals surface area contributed by atoms with Crippen LogP contribution in [0, 0.1) is 0 Å². The maximum Gasteiger partial charge on any atom is 0.254 e. The van der Waals surface area contributed by atoms with Gasteiger partial charge in [0.2, 0.25) is 0 Å². The minimum atomic E-state index is 0.0598. The number of benzene rings is 1. The molecule has 4 rings (SSSR count). The Morgan fingerprint density at radius 3 is 2.47 bits per heavy atom. The Labute approximate surface area is 187 Å². The van der Waals surface area contributed by atoms with Crippen LogP contribution in [0.25, 0.3) is 0 Å². The molecule has 1 aromatic heterocycles. The summed E-state index contributed by atoms with van der Waals surface area (Å²) < 4.78 is 5.72. The van der Waals surface area contributed by atoms with Crippen molar-refractivity contribution in [3.63, 3.8) is 0 Å². The highest BCUT2D eigenvalue weighted by molar-refractivity contribution is 7.98. The Morgan fingerprint density at radius 1 is 1.13 bits per heavy atom. The summed E-state index contributed by atoms with van der Waals surface area (Å²) in [5.74, 6) is 1.69. The first-order chi connectivity index (χ1) is 14.5. The lowest BCUT2D eigenvalue weighted by Gasteiger charge is -2.35. The van der Waals surface area contributed by atoms with Crippen molar-refractivity contribution in [2.24, 2.45) is 0 Å².